The molecule has 0 bridgehead atoms. The molecule has 0 amide bonds. The Morgan fingerprint density at radius 2 is 1.52 bits per heavy atom. The Hall–Kier alpha value is -3.27. The molecule has 4 nitrogen and oxygen atoms in total. The quantitative estimate of drug-likeness (QED) is 0.225. The predicted molar refractivity (Wildman–Crippen MR) is 127 cm³/mol. The second-order valence-corrected chi connectivity index (χ2v) is 7.64. The standard InChI is InChI=1S/C27H32O4/c1-7-9-24-26(30-19(3)4)17-21(18-27(24)31-20(5)6)10-15-25(28)22-11-13-23(14-12-22)29-16-8-2/h7-8,10-15,17-20H,1-2,9,16H2,3-6H3. The minimum atomic E-state index is -0.0944. The van der Waals surface area contributed by atoms with Gasteiger partial charge in [0.15, 0.2) is 5.78 Å². The van der Waals surface area contributed by atoms with E-state index in [4.69, 9.17) is 14.2 Å². The molecule has 0 heterocycles. The molecule has 4 heteroatoms. The summed E-state index contributed by atoms with van der Waals surface area (Å²) < 4.78 is 17.5. The third-order valence-corrected chi connectivity index (χ3v) is 4.20. The van der Waals surface area contributed by atoms with Gasteiger partial charge in [0, 0.05) is 11.1 Å². The normalized spacial score (nSPS) is 11.0. The lowest BCUT2D eigenvalue weighted by atomic mass is 10.0. The molecule has 0 aliphatic heterocycles. The van der Waals surface area contributed by atoms with Crippen molar-refractivity contribution in [1.29, 1.82) is 0 Å². The van der Waals surface area contributed by atoms with Crippen molar-refractivity contribution in [3.8, 4) is 17.2 Å². The van der Waals surface area contributed by atoms with Crippen molar-refractivity contribution in [2.75, 3.05) is 6.61 Å². The molecule has 0 radical (unpaired) electrons. The number of allylic oxidation sites excluding steroid dienone is 2. The van der Waals surface area contributed by atoms with Crippen LogP contribution in [-0.2, 0) is 6.42 Å². The Balaban J connectivity index is 2.31. The van der Waals surface area contributed by atoms with E-state index in [2.05, 4.69) is 13.2 Å². The van der Waals surface area contributed by atoms with E-state index < -0.39 is 0 Å². The average Bonchev–Trinajstić information content (AvgIpc) is 2.72. The van der Waals surface area contributed by atoms with Crippen molar-refractivity contribution in [2.24, 2.45) is 0 Å². The summed E-state index contributed by atoms with van der Waals surface area (Å²) in [5.41, 5.74) is 2.37. The van der Waals surface area contributed by atoms with Gasteiger partial charge in [-0.2, -0.15) is 0 Å². The molecule has 0 unspecified atom stereocenters. The van der Waals surface area contributed by atoms with Gasteiger partial charge < -0.3 is 14.2 Å². The Labute approximate surface area is 185 Å². The molecule has 0 saturated carbocycles. The molecule has 0 aliphatic carbocycles. The van der Waals surface area contributed by atoms with Crippen LogP contribution in [0.3, 0.4) is 0 Å². The Morgan fingerprint density at radius 3 is 2.00 bits per heavy atom. The van der Waals surface area contributed by atoms with Gasteiger partial charge in [-0.05, 0) is 82.2 Å². The monoisotopic (exact) mass is 420 g/mol. The summed E-state index contributed by atoms with van der Waals surface area (Å²) in [6, 6.07) is 10.9. The van der Waals surface area contributed by atoms with Crippen LogP contribution in [-0.4, -0.2) is 24.6 Å². The van der Waals surface area contributed by atoms with Gasteiger partial charge in [-0.3, -0.25) is 4.79 Å². The topological polar surface area (TPSA) is 44.8 Å². The molecule has 0 atom stereocenters. The van der Waals surface area contributed by atoms with E-state index in [0.717, 1.165) is 22.6 Å². The van der Waals surface area contributed by atoms with Crippen LogP contribution in [0.2, 0.25) is 0 Å². The van der Waals surface area contributed by atoms with Gasteiger partial charge in [0.05, 0.1) is 12.2 Å². The molecule has 0 aromatic heterocycles. The second kappa shape index (κ2) is 11.8. The summed E-state index contributed by atoms with van der Waals surface area (Å²) in [6.07, 6.45) is 7.50. The summed E-state index contributed by atoms with van der Waals surface area (Å²) in [5.74, 6) is 2.08. The van der Waals surface area contributed by atoms with Gasteiger partial charge in [0.25, 0.3) is 0 Å². The third-order valence-electron chi connectivity index (χ3n) is 4.20. The minimum absolute atomic E-state index is 0.0122. The maximum Gasteiger partial charge on any atom is 0.185 e. The number of benzene rings is 2. The fraction of sp³-hybridized carbons (Fsp3) is 0.296. The molecule has 31 heavy (non-hydrogen) atoms. The summed E-state index contributed by atoms with van der Waals surface area (Å²) in [5, 5.41) is 0. The number of hydrogen-bond acceptors (Lipinski definition) is 4. The van der Waals surface area contributed by atoms with E-state index in [-0.39, 0.29) is 18.0 Å². The zero-order chi connectivity index (χ0) is 22.8. The first kappa shape index (κ1) is 24.0. The van der Waals surface area contributed by atoms with Crippen LogP contribution in [0, 0.1) is 0 Å². The third kappa shape index (κ3) is 7.49. The molecule has 2 rings (SSSR count). The minimum Gasteiger partial charge on any atom is -0.491 e. The molecule has 0 fully saturated rings. The lowest BCUT2D eigenvalue weighted by Crippen LogP contribution is -2.11. The van der Waals surface area contributed by atoms with Crippen LogP contribution in [0.25, 0.3) is 6.08 Å². The van der Waals surface area contributed by atoms with E-state index >= 15 is 0 Å². The van der Waals surface area contributed by atoms with Gasteiger partial charge in [0.2, 0.25) is 0 Å². The smallest absolute Gasteiger partial charge is 0.185 e. The van der Waals surface area contributed by atoms with Crippen molar-refractivity contribution < 1.29 is 19.0 Å². The summed E-state index contributed by atoms with van der Waals surface area (Å²) >= 11 is 0. The molecule has 164 valence electrons. The highest BCUT2D eigenvalue weighted by Crippen LogP contribution is 2.33. The average molecular weight is 421 g/mol. The highest BCUT2D eigenvalue weighted by Gasteiger charge is 2.14. The first-order valence-electron chi connectivity index (χ1n) is 10.5. The maximum atomic E-state index is 12.6. The van der Waals surface area contributed by atoms with E-state index in [9.17, 15) is 4.79 Å². The van der Waals surface area contributed by atoms with Gasteiger partial charge in [0.1, 0.15) is 23.9 Å². The summed E-state index contributed by atoms with van der Waals surface area (Å²) in [6.45, 7) is 15.8. The molecule has 2 aromatic rings. The number of ether oxygens (including phenoxy) is 3. The fourth-order valence-corrected chi connectivity index (χ4v) is 2.94. The zero-order valence-electron chi connectivity index (χ0n) is 18.9. The second-order valence-electron chi connectivity index (χ2n) is 7.64. The largest absolute Gasteiger partial charge is 0.491 e. The number of ketones is 1. The first-order chi connectivity index (χ1) is 14.8. The number of carbonyl (C=O) groups is 1. The SMILES string of the molecule is C=CCOc1ccc(C(=O)C=Cc2cc(OC(C)C)c(CC=C)c(OC(C)C)c2)cc1. The van der Waals surface area contributed by atoms with Crippen molar-refractivity contribution in [2.45, 2.75) is 46.3 Å². The van der Waals surface area contributed by atoms with Gasteiger partial charge in [-0.25, -0.2) is 0 Å². The molecule has 0 N–H and O–H groups in total. The maximum absolute atomic E-state index is 12.6. The van der Waals surface area contributed by atoms with Crippen LogP contribution < -0.4 is 14.2 Å². The highest BCUT2D eigenvalue weighted by atomic mass is 16.5. The number of rotatable bonds is 12. The van der Waals surface area contributed by atoms with E-state index in [1.54, 1.807) is 42.5 Å². The van der Waals surface area contributed by atoms with E-state index in [1.165, 1.54) is 0 Å². The number of carbonyl (C=O) groups excluding carboxylic acids is 1. The molecule has 2 aromatic carbocycles. The fourth-order valence-electron chi connectivity index (χ4n) is 2.94. The number of hydrogen-bond donors (Lipinski definition) is 0. The molecule has 0 aliphatic rings. The van der Waals surface area contributed by atoms with Gasteiger partial charge >= 0.3 is 0 Å². The van der Waals surface area contributed by atoms with E-state index in [0.29, 0.717) is 24.3 Å². The lowest BCUT2D eigenvalue weighted by Gasteiger charge is -2.20. The first-order valence-corrected chi connectivity index (χ1v) is 10.5. The summed E-state index contributed by atoms with van der Waals surface area (Å²) in [7, 11) is 0. The van der Waals surface area contributed by atoms with Crippen LogP contribution in [0.1, 0.15) is 49.2 Å². The molecular formula is C27H32O4. The lowest BCUT2D eigenvalue weighted by molar-refractivity contribution is 0.104. The van der Waals surface area contributed by atoms with Crippen molar-refractivity contribution in [1.82, 2.24) is 0 Å². The van der Waals surface area contributed by atoms with Crippen LogP contribution in [0.5, 0.6) is 17.2 Å². The van der Waals surface area contributed by atoms with E-state index in [1.807, 2.05) is 45.9 Å². The van der Waals surface area contributed by atoms with Gasteiger partial charge in [-0.1, -0.05) is 24.8 Å². The predicted octanol–water partition coefficient (Wildman–Crippen LogP) is 6.45. The Bertz CT molecular complexity index is 890. The molecule has 0 saturated heterocycles. The molecule has 0 spiro atoms. The van der Waals surface area contributed by atoms with Crippen LogP contribution in [0.4, 0.5) is 0 Å². The Morgan fingerprint density at radius 1 is 0.935 bits per heavy atom. The van der Waals surface area contributed by atoms with Crippen molar-refractivity contribution in [3.63, 3.8) is 0 Å². The van der Waals surface area contributed by atoms with Crippen molar-refractivity contribution >= 4 is 11.9 Å². The summed E-state index contributed by atoms with van der Waals surface area (Å²) in [4.78, 5) is 12.6. The van der Waals surface area contributed by atoms with Crippen LogP contribution in [0.15, 0.2) is 67.8 Å². The van der Waals surface area contributed by atoms with Crippen molar-refractivity contribution in [3.05, 3.63) is 84.5 Å². The highest BCUT2D eigenvalue weighted by molar-refractivity contribution is 6.06. The zero-order valence-corrected chi connectivity index (χ0v) is 18.9. The van der Waals surface area contributed by atoms with Crippen LogP contribution >= 0.6 is 0 Å². The Kier molecular flexibility index (Phi) is 9.13. The van der Waals surface area contributed by atoms with Gasteiger partial charge in [-0.15, -0.1) is 6.58 Å². The molecular weight excluding hydrogens is 388 g/mol.